The van der Waals surface area contributed by atoms with Crippen LogP contribution in [0.4, 0.5) is 5.69 Å². The van der Waals surface area contributed by atoms with Gasteiger partial charge >= 0.3 is 0 Å². The van der Waals surface area contributed by atoms with E-state index in [0.717, 1.165) is 25.7 Å². The second kappa shape index (κ2) is 5.64. The summed E-state index contributed by atoms with van der Waals surface area (Å²) in [7, 11) is 0. The quantitative estimate of drug-likeness (QED) is 0.675. The molecule has 1 saturated heterocycles. The normalized spacial score (nSPS) is 25.0. The first-order valence-corrected chi connectivity index (χ1v) is 7.27. The van der Waals surface area contributed by atoms with Crippen molar-refractivity contribution >= 4 is 17.5 Å². The molecule has 1 aliphatic carbocycles. The molecular weight excluding hydrogens is 258 g/mol. The highest BCUT2D eigenvalue weighted by Crippen LogP contribution is 2.27. The van der Waals surface area contributed by atoms with Gasteiger partial charge in [0, 0.05) is 6.04 Å². The van der Waals surface area contributed by atoms with Crippen molar-refractivity contribution in [2.75, 3.05) is 5.32 Å². The average Bonchev–Trinajstić information content (AvgIpc) is 2.92. The lowest BCUT2D eigenvalue weighted by Gasteiger charge is -2.25. The molecule has 1 atom stereocenters. The largest absolute Gasteiger partial charge is 0.369 e. The van der Waals surface area contributed by atoms with Gasteiger partial charge in [0.1, 0.15) is 12.3 Å². The number of anilines is 1. The molecule has 0 aromatic carbocycles. The van der Waals surface area contributed by atoms with E-state index in [9.17, 15) is 9.59 Å². The van der Waals surface area contributed by atoms with Gasteiger partial charge in [0.25, 0.3) is 5.91 Å². The SMILES string of the molecule is O=C1CC(Nc2cnoc2)C(=O)N1C1CCCCCC1. The van der Waals surface area contributed by atoms with Crippen molar-refractivity contribution < 1.29 is 14.1 Å². The molecule has 0 bridgehead atoms. The lowest BCUT2D eigenvalue weighted by atomic mass is 10.1. The van der Waals surface area contributed by atoms with E-state index in [4.69, 9.17) is 4.52 Å². The second-order valence-corrected chi connectivity index (χ2v) is 5.56. The van der Waals surface area contributed by atoms with E-state index in [1.165, 1.54) is 30.2 Å². The fourth-order valence-electron chi connectivity index (χ4n) is 3.14. The Hall–Kier alpha value is -1.85. The maximum atomic E-state index is 12.4. The number of hydrogen-bond acceptors (Lipinski definition) is 5. The van der Waals surface area contributed by atoms with Crippen molar-refractivity contribution in [2.24, 2.45) is 0 Å². The summed E-state index contributed by atoms with van der Waals surface area (Å²) >= 11 is 0. The summed E-state index contributed by atoms with van der Waals surface area (Å²) in [6, 6.07) is -0.392. The maximum Gasteiger partial charge on any atom is 0.252 e. The minimum atomic E-state index is -0.481. The van der Waals surface area contributed by atoms with Gasteiger partial charge in [-0.25, -0.2) is 0 Å². The van der Waals surface area contributed by atoms with Crippen LogP contribution in [0.15, 0.2) is 17.0 Å². The van der Waals surface area contributed by atoms with Crippen LogP contribution in [-0.4, -0.2) is 34.0 Å². The number of imide groups is 1. The molecule has 2 fully saturated rings. The monoisotopic (exact) mass is 277 g/mol. The van der Waals surface area contributed by atoms with Gasteiger partial charge in [-0.1, -0.05) is 30.8 Å². The van der Waals surface area contributed by atoms with Crippen LogP contribution in [0.2, 0.25) is 0 Å². The Labute approximate surface area is 117 Å². The number of nitrogens with one attached hydrogen (secondary N) is 1. The number of nitrogens with zero attached hydrogens (tertiary/aromatic N) is 2. The zero-order valence-electron chi connectivity index (χ0n) is 11.4. The Balaban J connectivity index is 1.69. The number of aromatic nitrogens is 1. The van der Waals surface area contributed by atoms with Gasteiger partial charge in [-0.05, 0) is 12.8 Å². The minimum absolute atomic E-state index is 0.0594. The molecule has 1 N–H and O–H groups in total. The second-order valence-electron chi connectivity index (χ2n) is 5.56. The molecule has 6 heteroatoms. The van der Waals surface area contributed by atoms with Crippen molar-refractivity contribution in [3.8, 4) is 0 Å². The molecule has 1 unspecified atom stereocenters. The van der Waals surface area contributed by atoms with Gasteiger partial charge in [0.2, 0.25) is 5.91 Å². The molecule has 3 rings (SSSR count). The zero-order chi connectivity index (χ0) is 13.9. The van der Waals surface area contributed by atoms with E-state index in [-0.39, 0.29) is 24.3 Å². The summed E-state index contributed by atoms with van der Waals surface area (Å²) in [6.07, 6.45) is 9.66. The highest BCUT2D eigenvalue weighted by molar-refractivity contribution is 6.07. The Morgan fingerprint density at radius 2 is 1.95 bits per heavy atom. The molecule has 1 aromatic heterocycles. The lowest BCUT2D eigenvalue weighted by molar-refractivity contribution is -0.141. The molecule has 108 valence electrons. The highest BCUT2D eigenvalue weighted by Gasteiger charge is 2.42. The van der Waals surface area contributed by atoms with Gasteiger partial charge in [0.05, 0.1) is 18.3 Å². The highest BCUT2D eigenvalue weighted by atomic mass is 16.5. The summed E-state index contributed by atoms with van der Waals surface area (Å²) in [5.41, 5.74) is 0.638. The van der Waals surface area contributed by atoms with Crippen LogP contribution in [0.25, 0.3) is 0 Å². The molecule has 1 aliphatic heterocycles. The van der Waals surface area contributed by atoms with Crippen LogP contribution in [0.1, 0.15) is 44.9 Å². The maximum absolute atomic E-state index is 12.4. The van der Waals surface area contributed by atoms with E-state index in [1.54, 1.807) is 0 Å². The molecule has 0 radical (unpaired) electrons. The van der Waals surface area contributed by atoms with Gasteiger partial charge < -0.3 is 9.84 Å². The predicted octanol–water partition coefficient (Wildman–Crippen LogP) is 1.94. The van der Waals surface area contributed by atoms with E-state index in [2.05, 4.69) is 10.5 Å². The van der Waals surface area contributed by atoms with Crippen molar-refractivity contribution in [2.45, 2.75) is 57.0 Å². The summed E-state index contributed by atoms with van der Waals surface area (Å²) in [5, 5.41) is 6.60. The first-order valence-electron chi connectivity index (χ1n) is 7.27. The molecule has 1 saturated carbocycles. The topological polar surface area (TPSA) is 75.4 Å². The van der Waals surface area contributed by atoms with Gasteiger partial charge in [0.15, 0.2) is 0 Å². The number of amides is 2. The lowest BCUT2D eigenvalue weighted by Crippen LogP contribution is -2.42. The van der Waals surface area contributed by atoms with Gasteiger partial charge in [-0.15, -0.1) is 0 Å². The Morgan fingerprint density at radius 3 is 2.60 bits per heavy atom. The molecule has 0 spiro atoms. The van der Waals surface area contributed by atoms with Crippen LogP contribution < -0.4 is 5.32 Å². The van der Waals surface area contributed by atoms with Crippen molar-refractivity contribution in [3.63, 3.8) is 0 Å². The molecule has 6 nitrogen and oxygen atoms in total. The summed E-state index contributed by atoms with van der Waals surface area (Å²) in [6.45, 7) is 0. The molecule has 2 amide bonds. The summed E-state index contributed by atoms with van der Waals surface area (Å²) in [5.74, 6) is -0.168. The van der Waals surface area contributed by atoms with Crippen molar-refractivity contribution in [1.82, 2.24) is 10.1 Å². The smallest absolute Gasteiger partial charge is 0.252 e. The third-order valence-electron chi connectivity index (χ3n) is 4.15. The Morgan fingerprint density at radius 1 is 1.20 bits per heavy atom. The average molecular weight is 277 g/mol. The number of hydrogen-bond donors (Lipinski definition) is 1. The summed E-state index contributed by atoms with van der Waals surface area (Å²) in [4.78, 5) is 26.1. The van der Waals surface area contributed by atoms with Crippen LogP contribution in [0, 0.1) is 0 Å². The number of rotatable bonds is 3. The minimum Gasteiger partial charge on any atom is -0.369 e. The van der Waals surface area contributed by atoms with Crippen LogP contribution >= 0.6 is 0 Å². The summed E-state index contributed by atoms with van der Waals surface area (Å²) < 4.78 is 4.72. The standard InChI is InChI=1S/C14H19N3O3/c18-13-7-12(16-10-8-15-20-9-10)14(19)17(13)11-5-3-1-2-4-6-11/h8-9,11-12,16H,1-7H2. The fourth-order valence-corrected chi connectivity index (χ4v) is 3.14. The van der Waals surface area contributed by atoms with Crippen molar-refractivity contribution in [1.29, 1.82) is 0 Å². The zero-order valence-corrected chi connectivity index (χ0v) is 11.4. The molecular formula is C14H19N3O3. The fraction of sp³-hybridized carbons (Fsp3) is 0.643. The number of carbonyl (C=O) groups is 2. The van der Waals surface area contributed by atoms with Crippen molar-refractivity contribution in [3.05, 3.63) is 12.5 Å². The number of likely N-dealkylation sites (tertiary alicyclic amines) is 1. The van der Waals surface area contributed by atoms with E-state index < -0.39 is 6.04 Å². The van der Waals surface area contributed by atoms with Gasteiger partial charge in [-0.2, -0.15) is 0 Å². The van der Waals surface area contributed by atoms with Crippen LogP contribution in [0.5, 0.6) is 0 Å². The first-order chi connectivity index (χ1) is 9.75. The van der Waals surface area contributed by atoms with Crippen LogP contribution in [0.3, 0.4) is 0 Å². The van der Waals surface area contributed by atoms with E-state index >= 15 is 0 Å². The predicted molar refractivity (Wildman–Crippen MR) is 71.9 cm³/mol. The van der Waals surface area contributed by atoms with E-state index in [1.807, 2.05) is 0 Å². The van der Waals surface area contributed by atoms with E-state index in [0.29, 0.717) is 5.69 Å². The number of carbonyl (C=O) groups excluding carboxylic acids is 2. The third-order valence-corrected chi connectivity index (χ3v) is 4.15. The Bertz CT molecular complexity index is 478. The first kappa shape index (κ1) is 13.1. The molecule has 2 heterocycles. The molecule has 1 aromatic rings. The molecule has 20 heavy (non-hydrogen) atoms. The van der Waals surface area contributed by atoms with Crippen LogP contribution in [-0.2, 0) is 9.59 Å². The molecule has 2 aliphatic rings. The van der Waals surface area contributed by atoms with Gasteiger partial charge in [-0.3, -0.25) is 14.5 Å². The Kier molecular flexibility index (Phi) is 3.71. The third kappa shape index (κ3) is 2.55.